The molecule has 1 heterocycles. The summed E-state index contributed by atoms with van der Waals surface area (Å²) in [5.41, 5.74) is 1.44. The van der Waals surface area contributed by atoms with Crippen molar-refractivity contribution in [1.29, 1.82) is 0 Å². The number of benzene rings is 1. The number of amides is 1. The van der Waals surface area contributed by atoms with Crippen molar-refractivity contribution in [2.75, 3.05) is 6.54 Å². The first-order chi connectivity index (χ1) is 13.5. The van der Waals surface area contributed by atoms with E-state index < -0.39 is 11.4 Å². The molecule has 1 aromatic heterocycles. The van der Waals surface area contributed by atoms with Crippen molar-refractivity contribution in [3.63, 3.8) is 0 Å². The zero-order chi connectivity index (χ0) is 20.0. The Hall–Kier alpha value is -2.89. The fourth-order valence-corrected chi connectivity index (χ4v) is 3.55. The van der Waals surface area contributed by atoms with Gasteiger partial charge in [-0.2, -0.15) is 0 Å². The Bertz CT molecular complexity index is 827. The topological polar surface area (TPSA) is 88.5 Å². The van der Waals surface area contributed by atoms with Crippen LogP contribution >= 0.6 is 0 Å². The number of hydrogen-bond donors (Lipinski definition) is 2. The van der Waals surface area contributed by atoms with Crippen LogP contribution in [0, 0.1) is 12.3 Å². The molecule has 1 fully saturated rings. The summed E-state index contributed by atoms with van der Waals surface area (Å²) in [6.07, 6.45) is 5.73. The SMILES string of the molecule is Cc1ccc(OCc2cccc(C(=O)NCC3(C(=O)O)CCCCC3)c2)cn1. The molecule has 2 aromatic rings. The largest absolute Gasteiger partial charge is 0.487 e. The zero-order valence-electron chi connectivity index (χ0n) is 16.1. The van der Waals surface area contributed by atoms with E-state index in [9.17, 15) is 14.7 Å². The van der Waals surface area contributed by atoms with Crippen LogP contribution in [0.5, 0.6) is 5.75 Å². The number of carbonyl (C=O) groups excluding carboxylic acids is 1. The number of aryl methyl sites for hydroxylation is 1. The Balaban J connectivity index is 1.60. The Morgan fingerprint density at radius 2 is 1.96 bits per heavy atom. The number of nitrogens with zero attached hydrogens (tertiary/aromatic N) is 1. The highest BCUT2D eigenvalue weighted by Crippen LogP contribution is 2.36. The molecule has 148 valence electrons. The number of aliphatic carboxylic acids is 1. The molecule has 3 rings (SSSR count). The van der Waals surface area contributed by atoms with Crippen LogP contribution in [0.2, 0.25) is 0 Å². The van der Waals surface area contributed by atoms with Gasteiger partial charge in [0, 0.05) is 17.8 Å². The lowest BCUT2D eigenvalue weighted by molar-refractivity contribution is -0.150. The molecule has 1 aliphatic rings. The fourth-order valence-electron chi connectivity index (χ4n) is 3.55. The molecule has 6 nitrogen and oxygen atoms in total. The summed E-state index contributed by atoms with van der Waals surface area (Å²) in [6.45, 7) is 2.40. The molecule has 2 N–H and O–H groups in total. The van der Waals surface area contributed by atoms with Gasteiger partial charge in [0.1, 0.15) is 12.4 Å². The lowest BCUT2D eigenvalue weighted by atomic mass is 9.74. The molecular formula is C22H26N2O4. The molecule has 0 atom stereocenters. The summed E-state index contributed by atoms with van der Waals surface area (Å²) in [6, 6.07) is 10.9. The standard InChI is InChI=1S/C22H26N2O4/c1-16-8-9-19(13-23-16)28-14-17-6-5-7-18(12-17)20(25)24-15-22(21(26)27)10-3-2-4-11-22/h5-9,12-13H,2-4,10-11,14-15H2,1H3,(H,24,25)(H,26,27). The van der Waals surface area contributed by atoms with Crippen LogP contribution in [0.25, 0.3) is 0 Å². The van der Waals surface area contributed by atoms with E-state index in [-0.39, 0.29) is 12.5 Å². The first kappa shape index (κ1) is 19.9. The molecular weight excluding hydrogens is 356 g/mol. The van der Waals surface area contributed by atoms with Gasteiger partial charge >= 0.3 is 5.97 Å². The predicted octanol–water partition coefficient (Wildman–Crippen LogP) is 3.73. The van der Waals surface area contributed by atoms with Crippen LogP contribution in [0.15, 0.2) is 42.6 Å². The second-order valence-corrected chi connectivity index (χ2v) is 7.45. The van der Waals surface area contributed by atoms with Gasteiger partial charge in [0.25, 0.3) is 5.91 Å². The van der Waals surface area contributed by atoms with Crippen LogP contribution < -0.4 is 10.1 Å². The molecule has 28 heavy (non-hydrogen) atoms. The zero-order valence-corrected chi connectivity index (χ0v) is 16.1. The van der Waals surface area contributed by atoms with Crippen molar-refractivity contribution < 1.29 is 19.4 Å². The second kappa shape index (κ2) is 8.87. The third-order valence-corrected chi connectivity index (χ3v) is 5.33. The van der Waals surface area contributed by atoms with Crippen molar-refractivity contribution in [2.45, 2.75) is 45.6 Å². The Morgan fingerprint density at radius 1 is 1.18 bits per heavy atom. The third-order valence-electron chi connectivity index (χ3n) is 5.33. The molecule has 0 unspecified atom stereocenters. The maximum absolute atomic E-state index is 12.6. The first-order valence-electron chi connectivity index (χ1n) is 9.64. The van der Waals surface area contributed by atoms with Crippen molar-refractivity contribution in [2.24, 2.45) is 5.41 Å². The molecule has 1 aromatic carbocycles. The second-order valence-electron chi connectivity index (χ2n) is 7.45. The van der Waals surface area contributed by atoms with Crippen molar-refractivity contribution in [1.82, 2.24) is 10.3 Å². The highest BCUT2D eigenvalue weighted by Gasteiger charge is 2.39. The van der Waals surface area contributed by atoms with Crippen LogP contribution in [-0.4, -0.2) is 28.5 Å². The molecule has 1 saturated carbocycles. The minimum absolute atomic E-state index is 0.164. The third kappa shape index (κ3) is 4.88. The van der Waals surface area contributed by atoms with Gasteiger partial charge in [-0.25, -0.2) is 0 Å². The predicted molar refractivity (Wildman–Crippen MR) is 105 cm³/mol. The maximum Gasteiger partial charge on any atom is 0.311 e. The summed E-state index contributed by atoms with van der Waals surface area (Å²) in [5.74, 6) is -0.410. The van der Waals surface area contributed by atoms with Crippen LogP contribution in [0.3, 0.4) is 0 Å². The van der Waals surface area contributed by atoms with Crippen molar-refractivity contribution in [3.8, 4) is 5.75 Å². The van der Waals surface area contributed by atoms with E-state index in [2.05, 4.69) is 10.3 Å². The van der Waals surface area contributed by atoms with Gasteiger partial charge in [-0.1, -0.05) is 31.4 Å². The number of rotatable bonds is 7. The van der Waals surface area contributed by atoms with Crippen LogP contribution in [0.1, 0.15) is 53.7 Å². The van der Waals surface area contributed by atoms with E-state index in [4.69, 9.17) is 4.74 Å². The Morgan fingerprint density at radius 3 is 2.64 bits per heavy atom. The number of aromatic nitrogens is 1. The van der Waals surface area contributed by atoms with E-state index >= 15 is 0 Å². The van der Waals surface area contributed by atoms with Crippen molar-refractivity contribution >= 4 is 11.9 Å². The van der Waals surface area contributed by atoms with Crippen LogP contribution in [-0.2, 0) is 11.4 Å². The monoisotopic (exact) mass is 382 g/mol. The summed E-state index contributed by atoms with van der Waals surface area (Å²) >= 11 is 0. The summed E-state index contributed by atoms with van der Waals surface area (Å²) in [4.78, 5) is 28.5. The summed E-state index contributed by atoms with van der Waals surface area (Å²) in [5, 5.41) is 12.5. The Labute approximate surface area is 164 Å². The number of nitrogens with one attached hydrogen (secondary N) is 1. The molecule has 0 aliphatic heterocycles. The Kier molecular flexibility index (Phi) is 6.29. The summed E-state index contributed by atoms with van der Waals surface area (Å²) in [7, 11) is 0. The average Bonchev–Trinajstić information content (AvgIpc) is 2.72. The number of pyridine rings is 1. The first-order valence-corrected chi connectivity index (χ1v) is 9.64. The molecule has 0 bridgehead atoms. The maximum atomic E-state index is 12.6. The average molecular weight is 382 g/mol. The number of hydrogen-bond acceptors (Lipinski definition) is 4. The number of carboxylic acid groups (broad SMARTS) is 1. The molecule has 0 saturated heterocycles. The van der Waals surface area contributed by atoms with Gasteiger partial charge in [0.15, 0.2) is 0 Å². The molecule has 6 heteroatoms. The van der Waals surface area contributed by atoms with Crippen LogP contribution in [0.4, 0.5) is 0 Å². The minimum Gasteiger partial charge on any atom is -0.487 e. The normalized spacial score (nSPS) is 15.6. The minimum atomic E-state index is -0.840. The summed E-state index contributed by atoms with van der Waals surface area (Å²) < 4.78 is 5.71. The van der Waals surface area contributed by atoms with Gasteiger partial charge in [-0.15, -0.1) is 0 Å². The van der Waals surface area contributed by atoms with E-state index in [1.807, 2.05) is 25.1 Å². The molecule has 0 spiro atoms. The van der Waals surface area contributed by atoms with Gasteiger partial charge < -0.3 is 15.2 Å². The fraction of sp³-hybridized carbons (Fsp3) is 0.409. The van der Waals surface area contributed by atoms with Crippen molar-refractivity contribution in [3.05, 3.63) is 59.4 Å². The van der Waals surface area contributed by atoms with E-state index in [0.29, 0.717) is 30.8 Å². The van der Waals surface area contributed by atoms with Gasteiger partial charge in [-0.05, 0) is 49.6 Å². The quantitative estimate of drug-likeness (QED) is 0.762. The van der Waals surface area contributed by atoms with E-state index in [1.165, 1.54) is 0 Å². The molecule has 1 aliphatic carbocycles. The molecule has 0 radical (unpaired) electrons. The number of ether oxygens (including phenoxy) is 1. The van der Waals surface area contributed by atoms with Gasteiger partial charge in [0.2, 0.25) is 0 Å². The lowest BCUT2D eigenvalue weighted by Gasteiger charge is -2.33. The highest BCUT2D eigenvalue weighted by molar-refractivity contribution is 5.94. The molecule has 1 amide bonds. The smallest absolute Gasteiger partial charge is 0.311 e. The number of carbonyl (C=O) groups is 2. The van der Waals surface area contributed by atoms with E-state index in [1.54, 1.807) is 24.4 Å². The van der Waals surface area contributed by atoms with Gasteiger partial charge in [-0.3, -0.25) is 14.6 Å². The lowest BCUT2D eigenvalue weighted by Crippen LogP contribution is -2.44. The van der Waals surface area contributed by atoms with E-state index in [0.717, 1.165) is 30.5 Å². The number of carboxylic acids is 1. The van der Waals surface area contributed by atoms with Gasteiger partial charge in [0.05, 0.1) is 11.6 Å². The highest BCUT2D eigenvalue weighted by atomic mass is 16.5.